The van der Waals surface area contributed by atoms with Crippen molar-refractivity contribution in [2.45, 2.75) is 12.8 Å². The third-order valence-corrected chi connectivity index (χ3v) is 5.15. The van der Waals surface area contributed by atoms with Gasteiger partial charge in [0.1, 0.15) is 0 Å². The number of rotatable bonds is 1. The lowest BCUT2D eigenvalue weighted by atomic mass is 9.79. The summed E-state index contributed by atoms with van der Waals surface area (Å²) < 4.78 is 0. The Hall–Kier alpha value is -1.32. The van der Waals surface area contributed by atoms with Crippen LogP contribution in [0.25, 0.3) is 0 Å². The highest BCUT2D eigenvalue weighted by molar-refractivity contribution is 5.92. The summed E-state index contributed by atoms with van der Waals surface area (Å²) in [5.74, 6) is 4.58. The molecule has 0 spiro atoms. The lowest BCUT2D eigenvalue weighted by Crippen LogP contribution is -2.28. The molecule has 16 heavy (non-hydrogen) atoms. The van der Waals surface area contributed by atoms with E-state index in [2.05, 4.69) is 22.7 Å². The van der Waals surface area contributed by atoms with E-state index in [9.17, 15) is 4.79 Å². The molecule has 4 heteroatoms. The fourth-order valence-corrected chi connectivity index (χ4v) is 4.81. The zero-order valence-electron chi connectivity index (χ0n) is 8.97. The normalized spacial score (nSPS) is 52.9. The van der Waals surface area contributed by atoms with Gasteiger partial charge in [0.15, 0.2) is 0 Å². The second-order valence-electron chi connectivity index (χ2n) is 5.58. The van der Waals surface area contributed by atoms with Gasteiger partial charge in [-0.3, -0.25) is 0 Å². The molecule has 84 valence electrons. The minimum absolute atomic E-state index is 0.554. The number of hydrazone groups is 1. The van der Waals surface area contributed by atoms with Crippen LogP contribution in [0.2, 0.25) is 0 Å². The van der Waals surface area contributed by atoms with Gasteiger partial charge in [0, 0.05) is 11.6 Å². The second-order valence-corrected chi connectivity index (χ2v) is 5.58. The van der Waals surface area contributed by atoms with Crippen molar-refractivity contribution in [3.8, 4) is 0 Å². The first-order valence-electron chi connectivity index (χ1n) is 6.06. The van der Waals surface area contributed by atoms with Crippen LogP contribution in [0.15, 0.2) is 17.3 Å². The van der Waals surface area contributed by atoms with Crippen molar-refractivity contribution in [2.75, 3.05) is 0 Å². The molecular formula is C12H15N3O. The van der Waals surface area contributed by atoms with E-state index in [0.29, 0.717) is 11.8 Å². The Labute approximate surface area is 94.0 Å². The van der Waals surface area contributed by atoms with Gasteiger partial charge < -0.3 is 5.73 Å². The van der Waals surface area contributed by atoms with Gasteiger partial charge in [0.25, 0.3) is 0 Å². The number of hydrogen-bond donors (Lipinski definition) is 2. The minimum atomic E-state index is -0.554. The summed E-state index contributed by atoms with van der Waals surface area (Å²) in [5.41, 5.74) is 8.65. The molecule has 2 bridgehead atoms. The summed E-state index contributed by atoms with van der Waals surface area (Å²) in [5, 5.41) is 4.22. The molecule has 0 aromatic rings. The molecule has 6 atom stereocenters. The molecule has 3 saturated carbocycles. The maximum absolute atomic E-state index is 10.7. The largest absolute Gasteiger partial charge is 0.350 e. The molecule has 0 aliphatic heterocycles. The first-order valence-corrected chi connectivity index (χ1v) is 6.06. The monoisotopic (exact) mass is 217 g/mol. The number of primary amides is 1. The average molecular weight is 217 g/mol. The molecule has 3 fully saturated rings. The third kappa shape index (κ3) is 0.867. The van der Waals surface area contributed by atoms with E-state index >= 15 is 0 Å². The van der Waals surface area contributed by atoms with Crippen LogP contribution < -0.4 is 11.2 Å². The molecule has 0 radical (unpaired) electrons. The number of carbonyl (C=O) groups excluding carboxylic acids is 1. The topological polar surface area (TPSA) is 67.5 Å². The van der Waals surface area contributed by atoms with Gasteiger partial charge in [-0.1, -0.05) is 12.2 Å². The fourth-order valence-electron chi connectivity index (χ4n) is 4.81. The molecule has 0 aromatic carbocycles. The maximum atomic E-state index is 10.7. The summed E-state index contributed by atoms with van der Waals surface area (Å²) in [6.45, 7) is 0. The van der Waals surface area contributed by atoms with Gasteiger partial charge in [-0.05, 0) is 42.4 Å². The molecule has 0 saturated heterocycles. The number of nitrogens with zero attached hydrogens (tertiary/aromatic N) is 1. The molecule has 0 heterocycles. The highest BCUT2D eigenvalue weighted by atomic mass is 16.2. The summed E-state index contributed by atoms with van der Waals surface area (Å²) in [7, 11) is 0. The Kier molecular flexibility index (Phi) is 1.47. The van der Waals surface area contributed by atoms with Gasteiger partial charge in [0.2, 0.25) is 0 Å². The Morgan fingerprint density at radius 3 is 2.94 bits per heavy atom. The predicted molar refractivity (Wildman–Crippen MR) is 59.5 cm³/mol. The molecule has 4 nitrogen and oxygen atoms in total. The van der Waals surface area contributed by atoms with Crippen LogP contribution in [-0.4, -0.2) is 11.7 Å². The van der Waals surface area contributed by atoms with E-state index in [1.165, 1.54) is 12.1 Å². The summed E-state index contributed by atoms with van der Waals surface area (Å²) in [4.78, 5) is 10.7. The number of nitrogens with one attached hydrogen (secondary N) is 1. The van der Waals surface area contributed by atoms with E-state index in [1.807, 2.05) is 0 Å². The van der Waals surface area contributed by atoms with Crippen molar-refractivity contribution in [1.82, 2.24) is 5.43 Å². The highest BCUT2D eigenvalue weighted by Gasteiger charge is 2.63. The van der Waals surface area contributed by atoms with Crippen LogP contribution in [0, 0.1) is 35.5 Å². The molecule has 2 amide bonds. The van der Waals surface area contributed by atoms with Crippen molar-refractivity contribution in [3.63, 3.8) is 0 Å². The molecular weight excluding hydrogens is 202 g/mol. The minimum Gasteiger partial charge on any atom is -0.350 e. The quantitative estimate of drug-likeness (QED) is 0.501. The van der Waals surface area contributed by atoms with Crippen molar-refractivity contribution in [1.29, 1.82) is 0 Å². The molecule has 4 rings (SSSR count). The number of allylic oxidation sites excluding steroid dienone is 2. The molecule has 3 N–H and O–H groups in total. The van der Waals surface area contributed by atoms with Crippen LogP contribution in [0.4, 0.5) is 4.79 Å². The maximum Gasteiger partial charge on any atom is 0.332 e. The van der Waals surface area contributed by atoms with E-state index in [1.54, 1.807) is 0 Å². The van der Waals surface area contributed by atoms with Crippen LogP contribution in [0.3, 0.4) is 0 Å². The van der Waals surface area contributed by atoms with Crippen molar-refractivity contribution >= 4 is 11.7 Å². The first kappa shape index (κ1) is 8.79. The fraction of sp³-hybridized carbons (Fsp3) is 0.667. The third-order valence-electron chi connectivity index (χ3n) is 5.15. The van der Waals surface area contributed by atoms with E-state index in [4.69, 9.17) is 5.73 Å². The zero-order valence-corrected chi connectivity index (χ0v) is 8.97. The molecule has 4 aliphatic carbocycles. The smallest absolute Gasteiger partial charge is 0.332 e. The van der Waals surface area contributed by atoms with Gasteiger partial charge in [0.05, 0.1) is 0 Å². The van der Waals surface area contributed by atoms with Gasteiger partial charge in [-0.15, -0.1) is 0 Å². The number of fused-ring (bicyclic) bond motifs is 2. The van der Waals surface area contributed by atoms with Gasteiger partial charge in [-0.25, -0.2) is 10.2 Å². The van der Waals surface area contributed by atoms with E-state index in [0.717, 1.165) is 30.1 Å². The van der Waals surface area contributed by atoms with Crippen LogP contribution in [0.1, 0.15) is 12.8 Å². The Balaban J connectivity index is 1.69. The summed E-state index contributed by atoms with van der Waals surface area (Å²) in [6, 6.07) is -0.554. The highest BCUT2D eigenvalue weighted by Crippen LogP contribution is 2.67. The lowest BCUT2D eigenvalue weighted by Gasteiger charge is -2.25. The standard InChI is InChI=1S/C12H15N3O/c13-12(16)15-14-10-4-8-5-1-2-6-7(5)3-9(8)11(6)10/h1-2,5-9,11H,3-4H2,(H3,13,15,16)/b14-10+. The van der Waals surface area contributed by atoms with E-state index in [-0.39, 0.29) is 0 Å². The predicted octanol–water partition coefficient (Wildman–Crippen LogP) is 1.10. The van der Waals surface area contributed by atoms with Crippen LogP contribution in [0.5, 0.6) is 0 Å². The second kappa shape index (κ2) is 2.67. The molecule has 0 aromatic heterocycles. The number of carbonyl (C=O) groups is 1. The van der Waals surface area contributed by atoms with Crippen LogP contribution in [-0.2, 0) is 0 Å². The van der Waals surface area contributed by atoms with Crippen molar-refractivity contribution in [2.24, 2.45) is 46.3 Å². The Bertz CT molecular complexity index is 428. The Morgan fingerprint density at radius 2 is 2.12 bits per heavy atom. The summed E-state index contributed by atoms with van der Waals surface area (Å²) >= 11 is 0. The first-order chi connectivity index (χ1) is 7.75. The van der Waals surface area contributed by atoms with Crippen molar-refractivity contribution < 1.29 is 4.79 Å². The van der Waals surface area contributed by atoms with Gasteiger partial charge in [-0.2, -0.15) is 5.10 Å². The zero-order chi connectivity index (χ0) is 10.9. The summed E-state index contributed by atoms with van der Waals surface area (Å²) in [6.07, 6.45) is 7.25. The Morgan fingerprint density at radius 1 is 1.31 bits per heavy atom. The number of nitrogens with two attached hydrogens (primary N) is 1. The molecule has 4 aliphatic rings. The number of amides is 2. The number of urea groups is 1. The van der Waals surface area contributed by atoms with E-state index < -0.39 is 6.03 Å². The van der Waals surface area contributed by atoms with Crippen LogP contribution >= 0.6 is 0 Å². The average Bonchev–Trinajstić information content (AvgIpc) is 2.80. The lowest BCUT2D eigenvalue weighted by molar-refractivity contribution is 0.249. The van der Waals surface area contributed by atoms with Gasteiger partial charge >= 0.3 is 6.03 Å². The number of hydrogen-bond acceptors (Lipinski definition) is 2. The SMILES string of the molecule is NC(=O)N/N=C1\CC2C3C=CC4C3CC2C14. The van der Waals surface area contributed by atoms with Crippen molar-refractivity contribution in [3.05, 3.63) is 12.2 Å². The molecule has 6 unspecified atom stereocenters.